The number of nitrogens with zero attached hydrogens (tertiary/aromatic N) is 2. The Morgan fingerprint density at radius 1 is 1.47 bits per heavy atom. The molecule has 0 bridgehead atoms. The van der Waals surface area contributed by atoms with Crippen molar-refractivity contribution in [3.63, 3.8) is 0 Å². The zero-order valence-electron chi connectivity index (χ0n) is 10.5. The van der Waals surface area contributed by atoms with Crippen molar-refractivity contribution in [2.24, 2.45) is 11.7 Å². The smallest absolute Gasteiger partial charge is 0.249 e. The van der Waals surface area contributed by atoms with Gasteiger partial charge in [-0.1, -0.05) is 19.0 Å². The van der Waals surface area contributed by atoms with Gasteiger partial charge in [-0.05, 0) is 12.3 Å². The Bertz CT molecular complexity index is 372. The second kappa shape index (κ2) is 4.72. The van der Waals surface area contributed by atoms with Gasteiger partial charge in [0.25, 0.3) is 0 Å². The van der Waals surface area contributed by atoms with E-state index < -0.39 is 5.54 Å². The van der Waals surface area contributed by atoms with Crippen molar-refractivity contribution in [3.05, 3.63) is 11.7 Å². The highest BCUT2D eigenvalue weighted by Crippen LogP contribution is 2.29. The molecule has 0 amide bonds. The minimum Gasteiger partial charge on any atom is -0.379 e. The van der Waals surface area contributed by atoms with Crippen LogP contribution in [0.1, 0.15) is 38.1 Å². The summed E-state index contributed by atoms with van der Waals surface area (Å²) >= 11 is 0. The monoisotopic (exact) mass is 241 g/mol. The summed E-state index contributed by atoms with van der Waals surface area (Å²) in [5.74, 6) is 1.26. The third-order valence-corrected chi connectivity index (χ3v) is 3.03. The zero-order valence-corrected chi connectivity index (χ0v) is 10.5. The second-order valence-corrected chi connectivity index (χ2v) is 4.82. The van der Waals surface area contributed by atoms with E-state index in [4.69, 9.17) is 19.7 Å². The van der Waals surface area contributed by atoms with Crippen molar-refractivity contribution < 1.29 is 14.0 Å². The molecular weight excluding hydrogens is 222 g/mol. The topological polar surface area (TPSA) is 83.4 Å². The Morgan fingerprint density at radius 2 is 2.24 bits per heavy atom. The Balaban J connectivity index is 2.20. The molecule has 2 N–H and O–H groups in total. The van der Waals surface area contributed by atoms with E-state index in [0.717, 1.165) is 0 Å². The molecule has 2 rings (SSSR count). The van der Waals surface area contributed by atoms with E-state index >= 15 is 0 Å². The maximum atomic E-state index is 6.15. The van der Waals surface area contributed by atoms with Gasteiger partial charge in [-0.25, -0.2) is 0 Å². The van der Waals surface area contributed by atoms with Gasteiger partial charge < -0.3 is 19.7 Å². The largest absolute Gasteiger partial charge is 0.379 e. The lowest BCUT2D eigenvalue weighted by Crippen LogP contribution is -2.37. The molecule has 6 nitrogen and oxygen atoms in total. The summed E-state index contributed by atoms with van der Waals surface area (Å²) in [6.07, 6.45) is 0.534. The van der Waals surface area contributed by atoms with Gasteiger partial charge in [0.1, 0.15) is 11.6 Å². The minimum absolute atomic E-state index is 0.168. The van der Waals surface area contributed by atoms with E-state index in [0.29, 0.717) is 31.3 Å². The molecular formula is C11H19N3O3. The van der Waals surface area contributed by atoms with Crippen LogP contribution in [-0.4, -0.2) is 30.5 Å². The van der Waals surface area contributed by atoms with Gasteiger partial charge in [-0.15, -0.1) is 0 Å². The highest BCUT2D eigenvalue weighted by atomic mass is 16.5. The van der Waals surface area contributed by atoms with Gasteiger partial charge in [0.05, 0.1) is 6.61 Å². The maximum Gasteiger partial charge on any atom is 0.249 e. The molecule has 0 radical (unpaired) electrons. The predicted octanol–water partition coefficient (Wildman–Crippen LogP) is 0.987. The summed E-state index contributed by atoms with van der Waals surface area (Å²) in [6, 6.07) is 0. The van der Waals surface area contributed by atoms with Crippen LogP contribution >= 0.6 is 0 Å². The number of hydrogen-bond acceptors (Lipinski definition) is 6. The zero-order chi connectivity index (χ0) is 12.5. The summed E-state index contributed by atoms with van der Waals surface area (Å²) in [4.78, 5) is 4.35. The highest BCUT2D eigenvalue weighted by Gasteiger charge is 2.38. The first kappa shape index (κ1) is 12.5. The van der Waals surface area contributed by atoms with E-state index in [1.54, 1.807) is 7.11 Å². The SMILES string of the molecule is COC(c1noc(C2(N)CCOC2)n1)C(C)C. The summed E-state index contributed by atoms with van der Waals surface area (Å²) < 4.78 is 15.9. The van der Waals surface area contributed by atoms with E-state index in [2.05, 4.69) is 10.1 Å². The molecule has 96 valence electrons. The molecule has 0 aliphatic carbocycles. The first-order valence-electron chi connectivity index (χ1n) is 5.80. The quantitative estimate of drug-likeness (QED) is 0.846. The molecule has 0 spiro atoms. The van der Waals surface area contributed by atoms with Crippen LogP contribution < -0.4 is 5.73 Å². The second-order valence-electron chi connectivity index (χ2n) is 4.82. The molecule has 1 aliphatic heterocycles. The van der Waals surface area contributed by atoms with Crippen molar-refractivity contribution in [3.8, 4) is 0 Å². The molecule has 1 aromatic heterocycles. The molecule has 2 heterocycles. The molecule has 17 heavy (non-hydrogen) atoms. The van der Waals surface area contributed by atoms with Crippen LogP contribution in [-0.2, 0) is 15.0 Å². The Kier molecular flexibility index (Phi) is 3.46. The third-order valence-electron chi connectivity index (χ3n) is 3.03. The van der Waals surface area contributed by atoms with Gasteiger partial charge in [0.2, 0.25) is 11.7 Å². The number of rotatable bonds is 4. The molecule has 1 aromatic rings. The molecule has 1 saturated heterocycles. The fourth-order valence-electron chi connectivity index (χ4n) is 1.98. The number of nitrogens with two attached hydrogens (primary N) is 1. The van der Waals surface area contributed by atoms with Crippen LogP contribution in [0.15, 0.2) is 4.52 Å². The van der Waals surface area contributed by atoms with Gasteiger partial charge in [-0.2, -0.15) is 4.98 Å². The van der Waals surface area contributed by atoms with E-state index in [-0.39, 0.29) is 12.0 Å². The molecule has 1 aliphatic rings. The summed E-state index contributed by atoms with van der Waals surface area (Å²) in [6.45, 7) is 5.14. The first-order valence-corrected chi connectivity index (χ1v) is 5.80. The normalized spacial score (nSPS) is 26.6. The van der Waals surface area contributed by atoms with Crippen LogP contribution in [0, 0.1) is 5.92 Å². The molecule has 6 heteroatoms. The lowest BCUT2D eigenvalue weighted by molar-refractivity contribution is 0.0555. The molecule has 2 atom stereocenters. The predicted molar refractivity (Wildman–Crippen MR) is 60.2 cm³/mol. The number of hydrogen-bond donors (Lipinski definition) is 1. The highest BCUT2D eigenvalue weighted by molar-refractivity contribution is 5.05. The Hall–Kier alpha value is -0.980. The maximum absolute atomic E-state index is 6.15. The van der Waals surface area contributed by atoms with Crippen molar-refractivity contribution in [1.29, 1.82) is 0 Å². The van der Waals surface area contributed by atoms with Crippen LogP contribution in [0.4, 0.5) is 0 Å². The molecule has 0 aromatic carbocycles. The van der Waals surface area contributed by atoms with Crippen LogP contribution in [0.5, 0.6) is 0 Å². The van der Waals surface area contributed by atoms with Gasteiger partial charge >= 0.3 is 0 Å². The van der Waals surface area contributed by atoms with E-state index in [1.165, 1.54) is 0 Å². The molecule has 0 saturated carbocycles. The van der Waals surface area contributed by atoms with Crippen LogP contribution in [0.2, 0.25) is 0 Å². The molecule has 1 fully saturated rings. The van der Waals surface area contributed by atoms with Crippen LogP contribution in [0.25, 0.3) is 0 Å². The van der Waals surface area contributed by atoms with Crippen molar-refractivity contribution in [2.45, 2.75) is 31.9 Å². The summed E-state index contributed by atoms with van der Waals surface area (Å²) in [7, 11) is 1.64. The Morgan fingerprint density at radius 3 is 2.76 bits per heavy atom. The lowest BCUT2D eigenvalue weighted by Gasteiger charge is -2.16. The minimum atomic E-state index is -0.638. The average Bonchev–Trinajstić information content (AvgIpc) is 2.88. The third kappa shape index (κ3) is 2.34. The van der Waals surface area contributed by atoms with E-state index in [1.807, 2.05) is 13.8 Å². The standard InChI is InChI=1S/C11H19N3O3/c1-7(2)8(15-3)9-13-10(17-14-9)11(12)4-5-16-6-11/h7-8H,4-6,12H2,1-3H3. The number of aromatic nitrogens is 2. The fourth-order valence-corrected chi connectivity index (χ4v) is 1.98. The van der Waals surface area contributed by atoms with E-state index in [9.17, 15) is 0 Å². The summed E-state index contributed by atoms with van der Waals surface area (Å²) in [5, 5.41) is 3.95. The Labute approximate surface area is 100 Å². The fraction of sp³-hybridized carbons (Fsp3) is 0.818. The van der Waals surface area contributed by atoms with Crippen molar-refractivity contribution in [1.82, 2.24) is 10.1 Å². The van der Waals surface area contributed by atoms with Crippen LogP contribution in [0.3, 0.4) is 0 Å². The van der Waals surface area contributed by atoms with Gasteiger partial charge in [-0.3, -0.25) is 0 Å². The van der Waals surface area contributed by atoms with Gasteiger partial charge in [0.15, 0.2) is 0 Å². The van der Waals surface area contributed by atoms with Gasteiger partial charge in [0, 0.05) is 13.7 Å². The lowest BCUT2D eigenvalue weighted by atomic mass is 10.0. The first-order chi connectivity index (χ1) is 8.07. The number of methoxy groups -OCH3 is 1. The average molecular weight is 241 g/mol. The molecule has 2 unspecified atom stereocenters. The van der Waals surface area contributed by atoms with Crippen molar-refractivity contribution >= 4 is 0 Å². The summed E-state index contributed by atoms with van der Waals surface area (Å²) in [5.41, 5.74) is 5.51. The van der Waals surface area contributed by atoms with Crippen molar-refractivity contribution in [2.75, 3.05) is 20.3 Å². The number of ether oxygens (including phenoxy) is 2.